The van der Waals surface area contributed by atoms with E-state index in [1.807, 2.05) is 37.8 Å². The van der Waals surface area contributed by atoms with Gasteiger partial charge in [0.25, 0.3) is 0 Å². The van der Waals surface area contributed by atoms with Crippen molar-refractivity contribution in [2.75, 3.05) is 65.4 Å². The number of halogens is 1. The molecule has 7 nitrogen and oxygen atoms in total. The Hall–Kier alpha value is -2.03. The van der Waals surface area contributed by atoms with Gasteiger partial charge in [0.2, 0.25) is 11.8 Å². The van der Waals surface area contributed by atoms with E-state index in [2.05, 4.69) is 20.0 Å². The van der Waals surface area contributed by atoms with E-state index < -0.39 is 0 Å². The second-order valence-corrected chi connectivity index (χ2v) is 9.60. The van der Waals surface area contributed by atoms with Crippen LogP contribution in [0.5, 0.6) is 0 Å². The molecule has 2 amide bonds. The average molecular weight is 434 g/mol. The van der Waals surface area contributed by atoms with E-state index in [1.54, 1.807) is 6.07 Å². The van der Waals surface area contributed by atoms with Crippen LogP contribution in [0.25, 0.3) is 0 Å². The maximum absolute atomic E-state index is 13.9. The van der Waals surface area contributed by atoms with Crippen LogP contribution >= 0.6 is 0 Å². The smallest absolute Gasteiger partial charge is 0.236 e. The Morgan fingerprint density at radius 3 is 2.03 bits per heavy atom. The second kappa shape index (κ2) is 10.5. The van der Waals surface area contributed by atoms with Gasteiger partial charge in [-0.15, -0.1) is 0 Å². The molecule has 0 aromatic heterocycles. The van der Waals surface area contributed by atoms with E-state index in [0.717, 1.165) is 44.8 Å². The third kappa shape index (κ3) is 7.55. The fraction of sp³-hybridized carbons (Fsp3) is 0.652. The monoisotopic (exact) mass is 433 g/mol. The van der Waals surface area contributed by atoms with Crippen molar-refractivity contribution in [3.8, 4) is 0 Å². The van der Waals surface area contributed by atoms with E-state index >= 15 is 0 Å². The number of nitrogens with zero attached hydrogens (tertiary/aromatic N) is 4. The maximum Gasteiger partial charge on any atom is 0.236 e. The third-order valence-electron chi connectivity index (χ3n) is 5.78. The van der Waals surface area contributed by atoms with Gasteiger partial charge >= 0.3 is 0 Å². The standard InChI is InChI=1S/C23H36FN5O2/c1-23(2,3)25-21(30)17-27-12-14-29(15-13-27)22(31)18-28-10-8-26(9-11-28)16-19-6-4-5-7-20(19)24/h4-7H,8-18H2,1-3H3,(H,25,30). The maximum atomic E-state index is 13.9. The van der Waals surface area contributed by atoms with Crippen molar-refractivity contribution in [2.24, 2.45) is 0 Å². The van der Waals surface area contributed by atoms with Crippen LogP contribution in [0.2, 0.25) is 0 Å². The SMILES string of the molecule is CC(C)(C)NC(=O)CN1CCN(C(=O)CN2CCN(Cc3ccccc3F)CC2)CC1. The number of piperazine rings is 2. The fourth-order valence-corrected chi connectivity index (χ4v) is 4.08. The lowest BCUT2D eigenvalue weighted by Crippen LogP contribution is -2.55. The highest BCUT2D eigenvalue weighted by Gasteiger charge is 2.26. The average Bonchev–Trinajstić information content (AvgIpc) is 2.70. The summed E-state index contributed by atoms with van der Waals surface area (Å²) in [5, 5.41) is 2.98. The van der Waals surface area contributed by atoms with Crippen LogP contribution in [-0.2, 0) is 16.1 Å². The Kier molecular flexibility index (Phi) is 8.02. The predicted octanol–water partition coefficient (Wildman–Crippen LogP) is 1.00. The molecule has 0 unspecified atom stereocenters. The molecule has 0 bridgehead atoms. The van der Waals surface area contributed by atoms with E-state index in [1.165, 1.54) is 6.07 Å². The van der Waals surface area contributed by atoms with E-state index in [0.29, 0.717) is 32.7 Å². The van der Waals surface area contributed by atoms with Gasteiger partial charge in [0.15, 0.2) is 0 Å². The van der Waals surface area contributed by atoms with Crippen LogP contribution in [-0.4, -0.2) is 102 Å². The lowest BCUT2D eigenvalue weighted by molar-refractivity contribution is -0.135. The minimum absolute atomic E-state index is 0.0283. The Balaban J connectivity index is 1.35. The van der Waals surface area contributed by atoms with Crippen LogP contribution in [0.3, 0.4) is 0 Å². The predicted molar refractivity (Wildman–Crippen MR) is 119 cm³/mol. The minimum atomic E-state index is -0.228. The van der Waals surface area contributed by atoms with Gasteiger partial charge in [0.1, 0.15) is 5.82 Å². The van der Waals surface area contributed by atoms with Crippen molar-refractivity contribution in [1.82, 2.24) is 24.9 Å². The molecule has 8 heteroatoms. The number of hydrogen-bond acceptors (Lipinski definition) is 5. The largest absolute Gasteiger partial charge is 0.350 e. The molecule has 0 aliphatic carbocycles. The molecule has 2 aliphatic heterocycles. The molecular formula is C23H36FN5O2. The van der Waals surface area contributed by atoms with Crippen molar-refractivity contribution in [3.63, 3.8) is 0 Å². The molecule has 172 valence electrons. The molecule has 3 rings (SSSR count). The number of carbonyl (C=O) groups is 2. The molecule has 1 N–H and O–H groups in total. The van der Waals surface area contributed by atoms with Gasteiger partial charge in [0.05, 0.1) is 13.1 Å². The van der Waals surface area contributed by atoms with Crippen LogP contribution in [0.4, 0.5) is 4.39 Å². The molecular weight excluding hydrogens is 397 g/mol. The number of rotatable bonds is 6. The topological polar surface area (TPSA) is 59.1 Å². The first-order valence-corrected chi connectivity index (χ1v) is 11.2. The van der Waals surface area contributed by atoms with Gasteiger partial charge in [-0.05, 0) is 26.8 Å². The summed E-state index contributed by atoms with van der Waals surface area (Å²) in [4.78, 5) is 33.3. The highest BCUT2D eigenvalue weighted by atomic mass is 19.1. The number of hydrogen-bond donors (Lipinski definition) is 1. The highest BCUT2D eigenvalue weighted by Crippen LogP contribution is 2.12. The molecule has 0 radical (unpaired) electrons. The van der Waals surface area contributed by atoms with E-state index in [9.17, 15) is 14.0 Å². The van der Waals surface area contributed by atoms with Crippen molar-refractivity contribution >= 4 is 11.8 Å². The summed E-state index contributed by atoms with van der Waals surface area (Å²) in [6.45, 7) is 13.4. The lowest BCUT2D eigenvalue weighted by atomic mass is 10.1. The molecule has 2 heterocycles. The second-order valence-electron chi connectivity index (χ2n) is 9.60. The number of amides is 2. The quantitative estimate of drug-likeness (QED) is 0.726. The fourth-order valence-electron chi connectivity index (χ4n) is 4.08. The molecule has 1 aromatic rings. The Morgan fingerprint density at radius 2 is 1.42 bits per heavy atom. The van der Waals surface area contributed by atoms with Crippen LogP contribution in [0.15, 0.2) is 24.3 Å². The van der Waals surface area contributed by atoms with Gasteiger partial charge in [-0.25, -0.2) is 4.39 Å². The Labute approximate surface area is 185 Å². The van der Waals surface area contributed by atoms with Crippen molar-refractivity contribution in [1.29, 1.82) is 0 Å². The summed E-state index contributed by atoms with van der Waals surface area (Å²) in [7, 11) is 0. The van der Waals surface area contributed by atoms with Crippen molar-refractivity contribution in [3.05, 3.63) is 35.6 Å². The van der Waals surface area contributed by atoms with E-state index in [4.69, 9.17) is 0 Å². The number of benzene rings is 1. The molecule has 31 heavy (non-hydrogen) atoms. The summed E-state index contributed by atoms with van der Waals surface area (Å²) >= 11 is 0. The first kappa shape index (κ1) is 23.6. The third-order valence-corrected chi connectivity index (χ3v) is 5.78. The van der Waals surface area contributed by atoms with Gasteiger partial charge in [-0.1, -0.05) is 18.2 Å². The molecule has 2 aliphatic rings. The Bertz CT molecular complexity index is 751. The first-order valence-electron chi connectivity index (χ1n) is 11.2. The number of carbonyl (C=O) groups excluding carboxylic acids is 2. The minimum Gasteiger partial charge on any atom is -0.350 e. The molecule has 0 saturated carbocycles. The van der Waals surface area contributed by atoms with Gasteiger partial charge in [-0.2, -0.15) is 0 Å². The summed E-state index contributed by atoms with van der Waals surface area (Å²) < 4.78 is 13.9. The molecule has 2 saturated heterocycles. The molecule has 0 spiro atoms. The molecule has 0 atom stereocenters. The van der Waals surface area contributed by atoms with Crippen LogP contribution < -0.4 is 5.32 Å². The first-order chi connectivity index (χ1) is 14.7. The summed E-state index contributed by atoms with van der Waals surface area (Å²) in [5.74, 6) is 0.0250. The van der Waals surface area contributed by atoms with Gasteiger partial charge < -0.3 is 10.2 Å². The summed E-state index contributed by atoms with van der Waals surface area (Å²) in [6, 6.07) is 6.91. The molecule has 1 aromatic carbocycles. The van der Waals surface area contributed by atoms with Crippen molar-refractivity contribution in [2.45, 2.75) is 32.9 Å². The molecule has 2 fully saturated rings. The van der Waals surface area contributed by atoms with Crippen LogP contribution in [0.1, 0.15) is 26.3 Å². The number of nitrogens with one attached hydrogen (secondary N) is 1. The summed E-state index contributed by atoms with van der Waals surface area (Å²) in [5.41, 5.74) is 0.495. The Morgan fingerprint density at radius 1 is 0.871 bits per heavy atom. The zero-order valence-electron chi connectivity index (χ0n) is 19.1. The lowest BCUT2D eigenvalue weighted by Gasteiger charge is -2.38. The van der Waals surface area contributed by atoms with E-state index in [-0.39, 0.29) is 23.2 Å². The summed E-state index contributed by atoms with van der Waals surface area (Å²) in [6.07, 6.45) is 0. The highest BCUT2D eigenvalue weighted by molar-refractivity contribution is 5.79. The normalized spacial score (nSPS) is 19.4. The van der Waals surface area contributed by atoms with Gasteiger partial charge in [0, 0.05) is 70.0 Å². The van der Waals surface area contributed by atoms with Gasteiger partial charge in [-0.3, -0.25) is 24.3 Å². The zero-order valence-corrected chi connectivity index (χ0v) is 19.1. The van der Waals surface area contributed by atoms with Crippen molar-refractivity contribution < 1.29 is 14.0 Å². The van der Waals surface area contributed by atoms with Crippen LogP contribution in [0, 0.1) is 5.82 Å². The zero-order chi connectivity index (χ0) is 22.4.